The molecular formula is C14H13FN2O3. The molecule has 0 amide bonds. The first kappa shape index (κ1) is 13.8. The summed E-state index contributed by atoms with van der Waals surface area (Å²) >= 11 is 0. The van der Waals surface area contributed by atoms with E-state index < -0.39 is 11.8 Å². The number of nitrogens with zero attached hydrogens (tertiary/aromatic N) is 1. The van der Waals surface area contributed by atoms with E-state index in [2.05, 4.69) is 10.3 Å². The molecule has 2 rings (SSSR count). The summed E-state index contributed by atoms with van der Waals surface area (Å²) in [5.74, 6) is -1.26. The van der Waals surface area contributed by atoms with Crippen molar-refractivity contribution in [1.29, 1.82) is 0 Å². The monoisotopic (exact) mass is 276 g/mol. The number of methoxy groups -OCH3 is 1. The third-order valence-electron chi connectivity index (χ3n) is 2.71. The molecule has 5 nitrogen and oxygen atoms in total. The molecular weight excluding hydrogens is 263 g/mol. The van der Waals surface area contributed by atoms with Gasteiger partial charge in [0.2, 0.25) is 5.88 Å². The zero-order chi connectivity index (χ0) is 14.5. The van der Waals surface area contributed by atoms with E-state index in [1.165, 1.54) is 19.2 Å². The molecule has 104 valence electrons. The molecule has 0 saturated heterocycles. The summed E-state index contributed by atoms with van der Waals surface area (Å²) in [6, 6.07) is 7.25. The standard InChI is InChI=1S/C14H13FN2O3/c1-20-13-5-2-9(8-17-13)7-16-12-4-3-10(14(18)19)6-11(12)15/h2-6,8,16H,7H2,1H3,(H,18,19). The number of hydrogen-bond donors (Lipinski definition) is 2. The van der Waals surface area contributed by atoms with E-state index in [0.29, 0.717) is 12.4 Å². The highest BCUT2D eigenvalue weighted by atomic mass is 19.1. The third-order valence-corrected chi connectivity index (χ3v) is 2.71. The van der Waals surface area contributed by atoms with E-state index in [4.69, 9.17) is 9.84 Å². The molecule has 0 atom stereocenters. The van der Waals surface area contributed by atoms with Crippen molar-refractivity contribution in [3.8, 4) is 5.88 Å². The average Bonchev–Trinajstić information content (AvgIpc) is 2.46. The van der Waals surface area contributed by atoms with Gasteiger partial charge in [-0.1, -0.05) is 6.07 Å². The number of anilines is 1. The van der Waals surface area contributed by atoms with Crippen molar-refractivity contribution in [2.45, 2.75) is 6.54 Å². The zero-order valence-electron chi connectivity index (χ0n) is 10.8. The highest BCUT2D eigenvalue weighted by Gasteiger charge is 2.08. The molecule has 2 N–H and O–H groups in total. The number of hydrogen-bond acceptors (Lipinski definition) is 4. The Labute approximate surface area is 115 Å². The Morgan fingerprint density at radius 3 is 2.75 bits per heavy atom. The topological polar surface area (TPSA) is 71.5 Å². The van der Waals surface area contributed by atoms with Gasteiger partial charge in [0.25, 0.3) is 0 Å². The molecule has 1 aromatic heterocycles. The van der Waals surface area contributed by atoms with Crippen LogP contribution < -0.4 is 10.1 Å². The molecule has 0 saturated carbocycles. The molecule has 2 aromatic rings. The maximum atomic E-state index is 13.7. The van der Waals surface area contributed by atoms with Gasteiger partial charge in [-0.05, 0) is 23.8 Å². The second-order valence-electron chi connectivity index (χ2n) is 4.06. The Morgan fingerprint density at radius 2 is 2.20 bits per heavy atom. The van der Waals surface area contributed by atoms with Crippen LogP contribution in [0, 0.1) is 5.82 Å². The van der Waals surface area contributed by atoms with Crippen LogP contribution in [0.5, 0.6) is 5.88 Å². The SMILES string of the molecule is COc1ccc(CNc2ccc(C(=O)O)cc2F)cn1. The minimum Gasteiger partial charge on any atom is -0.481 e. The highest BCUT2D eigenvalue weighted by molar-refractivity contribution is 5.88. The van der Waals surface area contributed by atoms with Crippen LogP contribution in [0.25, 0.3) is 0 Å². The van der Waals surface area contributed by atoms with E-state index in [1.807, 2.05) is 6.07 Å². The second-order valence-corrected chi connectivity index (χ2v) is 4.06. The van der Waals surface area contributed by atoms with E-state index >= 15 is 0 Å². The van der Waals surface area contributed by atoms with Crippen molar-refractivity contribution in [3.05, 3.63) is 53.5 Å². The van der Waals surface area contributed by atoms with Crippen molar-refractivity contribution in [3.63, 3.8) is 0 Å². The Morgan fingerprint density at radius 1 is 1.40 bits per heavy atom. The first-order chi connectivity index (χ1) is 9.60. The van der Waals surface area contributed by atoms with Gasteiger partial charge in [0.1, 0.15) is 5.82 Å². The van der Waals surface area contributed by atoms with Crippen molar-refractivity contribution in [2.24, 2.45) is 0 Å². The van der Waals surface area contributed by atoms with Crippen LogP contribution in [0.1, 0.15) is 15.9 Å². The Balaban J connectivity index is 2.04. The van der Waals surface area contributed by atoms with Crippen LogP contribution in [0.2, 0.25) is 0 Å². The minimum atomic E-state index is -1.16. The molecule has 0 aliphatic rings. The first-order valence-electron chi connectivity index (χ1n) is 5.86. The van der Waals surface area contributed by atoms with Gasteiger partial charge < -0.3 is 15.2 Å². The Kier molecular flexibility index (Phi) is 4.14. The average molecular weight is 276 g/mol. The van der Waals surface area contributed by atoms with E-state index in [-0.39, 0.29) is 11.3 Å². The van der Waals surface area contributed by atoms with Crippen molar-refractivity contribution in [1.82, 2.24) is 4.98 Å². The molecule has 1 heterocycles. The lowest BCUT2D eigenvalue weighted by molar-refractivity contribution is 0.0696. The molecule has 0 unspecified atom stereocenters. The van der Waals surface area contributed by atoms with E-state index in [0.717, 1.165) is 11.6 Å². The van der Waals surface area contributed by atoms with E-state index in [9.17, 15) is 9.18 Å². The zero-order valence-corrected chi connectivity index (χ0v) is 10.8. The minimum absolute atomic E-state index is 0.0841. The molecule has 0 aliphatic heterocycles. The fourth-order valence-corrected chi connectivity index (χ4v) is 1.63. The lowest BCUT2D eigenvalue weighted by Gasteiger charge is -2.08. The smallest absolute Gasteiger partial charge is 0.335 e. The first-order valence-corrected chi connectivity index (χ1v) is 5.86. The second kappa shape index (κ2) is 6.01. The number of carboxylic acid groups (broad SMARTS) is 1. The number of aromatic carboxylic acids is 1. The number of carbonyl (C=O) groups is 1. The van der Waals surface area contributed by atoms with Gasteiger partial charge in [0, 0.05) is 18.8 Å². The number of rotatable bonds is 5. The number of halogens is 1. The van der Waals surface area contributed by atoms with Gasteiger partial charge in [-0.2, -0.15) is 0 Å². The molecule has 0 radical (unpaired) electrons. The Bertz CT molecular complexity index is 614. The van der Waals surface area contributed by atoms with Gasteiger partial charge in [0.15, 0.2) is 0 Å². The van der Waals surface area contributed by atoms with Crippen LogP contribution in [-0.2, 0) is 6.54 Å². The van der Waals surface area contributed by atoms with Gasteiger partial charge in [0.05, 0.1) is 18.4 Å². The third kappa shape index (κ3) is 3.23. The number of aromatic nitrogens is 1. The maximum absolute atomic E-state index is 13.7. The van der Waals surface area contributed by atoms with Gasteiger partial charge in [-0.25, -0.2) is 14.2 Å². The van der Waals surface area contributed by atoms with Crippen LogP contribution in [0.3, 0.4) is 0 Å². The summed E-state index contributed by atoms with van der Waals surface area (Å²) in [5.41, 5.74) is 1.01. The normalized spacial score (nSPS) is 10.1. The summed E-state index contributed by atoms with van der Waals surface area (Å²) < 4.78 is 18.6. The summed E-state index contributed by atoms with van der Waals surface area (Å²) in [7, 11) is 1.53. The number of nitrogens with one attached hydrogen (secondary N) is 1. The van der Waals surface area contributed by atoms with Crippen LogP contribution in [0.4, 0.5) is 10.1 Å². The molecule has 20 heavy (non-hydrogen) atoms. The summed E-state index contributed by atoms with van der Waals surface area (Å²) in [6.45, 7) is 0.375. The molecule has 0 spiro atoms. The van der Waals surface area contributed by atoms with Crippen molar-refractivity contribution >= 4 is 11.7 Å². The number of ether oxygens (including phenoxy) is 1. The number of benzene rings is 1. The van der Waals surface area contributed by atoms with Crippen molar-refractivity contribution in [2.75, 3.05) is 12.4 Å². The molecule has 0 fully saturated rings. The summed E-state index contributed by atoms with van der Waals surface area (Å²) in [4.78, 5) is 14.7. The van der Waals surface area contributed by atoms with Crippen LogP contribution in [0.15, 0.2) is 36.5 Å². The molecule has 0 bridgehead atoms. The highest BCUT2D eigenvalue weighted by Crippen LogP contribution is 2.17. The van der Waals surface area contributed by atoms with Gasteiger partial charge in [-0.15, -0.1) is 0 Å². The lowest BCUT2D eigenvalue weighted by Crippen LogP contribution is -2.04. The predicted octanol–water partition coefficient (Wildman–Crippen LogP) is 2.54. The summed E-state index contributed by atoms with van der Waals surface area (Å²) in [6.07, 6.45) is 1.62. The van der Waals surface area contributed by atoms with E-state index in [1.54, 1.807) is 12.3 Å². The van der Waals surface area contributed by atoms with Gasteiger partial charge >= 0.3 is 5.97 Å². The fourth-order valence-electron chi connectivity index (χ4n) is 1.63. The van der Waals surface area contributed by atoms with Gasteiger partial charge in [-0.3, -0.25) is 0 Å². The molecule has 0 aliphatic carbocycles. The molecule has 1 aromatic carbocycles. The largest absolute Gasteiger partial charge is 0.481 e. The quantitative estimate of drug-likeness (QED) is 0.878. The summed E-state index contributed by atoms with van der Waals surface area (Å²) in [5, 5.41) is 11.6. The van der Waals surface area contributed by atoms with Crippen LogP contribution >= 0.6 is 0 Å². The molecule has 6 heteroatoms. The predicted molar refractivity (Wildman–Crippen MR) is 71.5 cm³/mol. The van der Waals surface area contributed by atoms with Crippen LogP contribution in [-0.4, -0.2) is 23.2 Å². The van der Waals surface area contributed by atoms with Crippen molar-refractivity contribution < 1.29 is 19.0 Å². The maximum Gasteiger partial charge on any atom is 0.335 e. The lowest BCUT2D eigenvalue weighted by atomic mass is 10.2. The Hall–Kier alpha value is -2.63. The number of carboxylic acids is 1. The fraction of sp³-hybridized carbons (Fsp3) is 0.143. The number of pyridine rings is 1.